The van der Waals surface area contributed by atoms with Crippen LogP contribution in [0.1, 0.15) is 94.5 Å². The summed E-state index contributed by atoms with van der Waals surface area (Å²) in [6.07, 6.45) is 10.8. The number of benzene rings is 1. The maximum absolute atomic E-state index is 11.9. The molecule has 0 saturated carbocycles. The molecule has 0 bridgehead atoms. The smallest absolute Gasteiger partial charge is 0.339 e. The first-order valence-electron chi connectivity index (χ1n) is 10.4. The molecule has 1 aromatic rings. The Morgan fingerprint density at radius 3 is 2.21 bits per heavy atom. The summed E-state index contributed by atoms with van der Waals surface area (Å²) in [6.45, 7) is 6.91. The van der Waals surface area contributed by atoms with E-state index in [0.717, 1.165) is 12.8 Å². The van der Waals surface area contributed by atoms with Crippen LogP contribution >= 0.6 is 11.6 Å². The molecule has 162 valence electrons. The fourth-order valence-corrected chi connectivity index (χ4v) is 3.38. The summed E-state index contributed by atoms with van der Waals surface area (Å²) in [5.74, 6) is 5.96. The topological polar surface area (TPSA) is 61.5 Å². The van der Waals surface area contributed by atoms with Crippen molar-refractivity contribution >= 4 is 23.3 Å². The highest BCUT2D eigenvalue weighted by molar-refractivity contribution is 6.35. The first-order chi connectivity index (χ1) is 13.7. The van der Waals surface area contributed by atoms with Crippen LogP contribution in [0.3, 0.4) is 0 Å². The van der Waals surface area contributed by atoms with Crippen LogP contribution < -0.4 is 10.5 Å². The Hall–Kier alpha value is -1.86. The van der Waals surface area contributed by atoms with Crippen LogP contribution in [0.2, 0.25) is 5.02 Å². The summed E-state index contributed by atoms with van der Waals surface area (Å²) in [5, 5.41) is 0.206. The highest BCUT2D eigenvalue weighted by Gasteiger charge is 2.19. The number of rotatable bonds is 10. The van der Waals surface area contributed by atoms with Gasteiger partial charge >= 0.3 is 5.97 Å². The lowest BCUT2D eigenvalue weighted by Crippen LogP contribution is -2.06. The second kappa shape index (κ2) is 12.6. The number of methoxy groups -OCH3 is 2. The van der Waals surface area contributed by atoms with Crippen molar-refractivity contribution in [2.45, 2.75) is 78.6 Å². The molecule has 0 aliphatic heterocycles. The molecule has 0 amide bonds. The van der Waals surface area contributed by atoms with E-state index < -0.39 is 5.97 Å². The van der Waals surface area contributed by atoms with Gasteiger partial charge in [0.25, 0.3) is 0 Å². The third-order valence-electron chi connectivity index (χ3n) is 4.83. The summed E-state index contributed by atoms with van der Waals surface area (Å²) < 4.78 is 10.00. The molecule has 0 saturated heterocycles. The van der Waals surface area contributed by atoms with E-state index in [-0.39, 0.29) is 10.6 Å². The van der Waals surface area contributed by atoms with E-state index in [4.69, 9.17) is 26.8 Å². The number of carbonyl (C=O) groups is 1. The second-order valence-corrected chi connectivity index (χ2v) is 8.94. The second-order valence-electron chi connectivity index (χ2n) is 8.56. The van der Waals surface area contributed by atoms with Gasteiger partial charge in [0, 0.05) is 6.42 Å². The third-order valence-corrected chi connectivity index (χ3v) is 5.23. The van der Waals surface area contributed by atoms with Gasteiger partial charge in [0.05, 0.1) is 36.1 Å². The molecule has 5 heteroatoms. The van der Waals surface area contributed by atoms with E-state index in [1.165, 1.54) is 65.2 Å². The first-order valence-corrected chi connectivity index (χ1v) is 10.8. The number of hydrogen-bond donors (Lipinski definition) is 1. The quantitative estimate of drug-likeness (QED) is 0.199. The number of nitrogens with two attached hydrogens (primary N) is 1. The minimum Gasteiger partial charge on any atom is -0.495 e. The van der Waals surface area contributed by atoms with Gasteiger partial charge in [-0.25, -0.2) is 4.79 Å². The van der Waals surface area contributed by atoms with Crippen LogP contribution in [-0.2, 0) is 4.74 Å². The zero-order valence-electron chi connectivity index (χ0n) is 18.6. The van der Waals surface area contributed by atoms with Crippen LogP contribution in [0.5, 0.6) is 5.75 Å². The number of halogens is 1. The van der Waals surface area contributed by atoms with E-state index in [9.17, 15) is 4.79 Å². The Morgan fingerprint density at radius 2 is 1.66 bits per heavy atom. The van der Waals surface area contributed by atoms with Crippen LogP contribution in [0.25, 0.3) is 0 Å². The van der Waals surface area contributed by atoms with E-state index >= 15 is 0 Å². The van der Waals surface area contributed by atoms with Gasteiger partial charge in [0.2, 0.25) is 0 Å². The lowest BCUT2D eigenvalue weighted by atomic mass is 9.89. The highest BCUT2D eigenvalue weighted by Crippen LogP contribution is 2.34. The van der Waals surface area contributed by atoms with Gasteiger partial charge in [-0.1, -0.05) is 82.7 Å². The van der Waals surface area contributed by atoms with Gasteiger partial charge in [-0.05, 0) is 24.3 Å². The Morgan fingerprint density at radius 1 is 1.07 bits per heavy atom. The molecule has 0 aliphatic rings. The number of anilines is 1. The van der Waals surface area contributed by atoms with Crippen molar-refractivity contribution in [3.63, 3.8) is 0 Å². The summed E-state index contributed by atoms with van der Waals surface area (Å²) in [5.41, 5.74) is 7.50. The van der Waals surface area contributed by atoms with Gasteiger partial charge in [-0.3, -0.25) is 0 Å². The minimum atomic E-state index is -0.543. The van der Waals surface area contributed by atoms with Crippen LogP contribution in [0.4, 0.5) is 5.69 Å². The predicted octanol–water partition coefficient (Wildman–Crippen LogP) is 6.63. The van der Waals surface area contributed by atoms with Crippen molar-refractivity contribution in [1.82, 2.24) is 0 Å². The predicted molar refractivity (Wildman–Crippen MR) is 122 cm³/mol. The van der Waals surface area contributed by atoms with Crippen molar-refractivity contribution in [2.75, 3.05) is 20.0 Å². The zero-order valence-corrected chi connectivity index (χ0v) is 19.4. The van der Waals surface area contributed by atoms with Crippen LogP contribution in [0.15, 0.2) is 6.07 Å². The molecule has 0 atom stereocenters. The van der Waals surface area contributed by atoms with E-state index in [1.54, 1.807) is 0 Å². The number of ether oxygens (including phenoxy) is 2. The molecule has 0 heterocycles. The fourth-order valence-electron chi connectivity index (χ4n) is 3.10. The normalized spacial score (nSPS) is 11.0. The van der Waals surface area contributed by atoms with Crippen molar-refractivity contribution in [2.24, 2.45) is 5.41 Å². The average molecular weight is 422 g/mol. The van der Waals surface area contributed by atoms with Gasteiger partial charge < -0.3 is 15.2 Å². The third kappa shape index (κ3) is 9.00. The van der Waals surface area contributed by atoms with Crippen molar-refractivity contribution in [3.05, 3.63) is 22.2 Å². The van der Waals surface area contributed by atoms with Crippen LogP contribution in [-0.4, -0.2) is 20.2 Å². The number of carbonyl (C=O) groups excluding carboxylic acids is 1. The van der Waals surface area contributed by atoms with E-state index in [2.05, 4.69) is 32.6 Å². The lowest BCUT2D eigenvalue weighted by molar-refractivity contribution is 0.0600. The zero-order chi connectivity index (χ0) is 21.9. The molecule has 2 N–H and O–H groups in total. The molecule has 29 heavy (non-hydrogen) atoms. The Labute approximate surface area is 181 Å². The molecular formula is C24H36ClNO3. The summed E-state index contributed by atoms with van der Waals surface area (Å²) in [7, 11) is 2.79. The number of unbranched alkanes of at least 4 members (excludes halogenated alkanes) is 7. The fraction of sp³-hybridized carbons (Fsp3) is 0.625. The van der Waals surface area contributed by atoms with Gasteiger partial charge in [-0.2, -0.15) is 0 Å². The molecule has 0 radical (unpaired) electrons. The highest BCUT2D eigenvalue weighted by atomic mass is 35.5. The molecule has 0 spiro atoms. The Bertz CT molecular complexity index is 726. The van der Waals surface area contributed by atoms with Gasteiger partial charge in [-0.15, -0.1) is 0 Å². The maximum Gasteiger partial charge on any atom is 0.339 e. The number of nitrogen functional groups attached to an aromatic ring is 1. The average Bonchev–Trinajstić information content (AvgIpc) is 2.67. The SMILES string of the molecule is COC(=O)c1cc(OC)c(N)c(C#CCCCCCCCCCC(C)(C)C)c1Cl. The monoisotopic (exact) mass is 421 g/mol. The summed E-state index contributed by atoms with van der Waals surface area (Å²) in [6, 6.07) is 1.48. The van der Waals surface area contributed by atoms with E-state index in [0.29, 0.717) is 22.4 Å². The minimum absolute atomic E-state index is 0.205. The number of esters is 1. The molecule has 1 rings (SSSR count). The van der Waals surface area contributed by atoms with Crippen LogP contribution in [0, 0.1) is 17.3 Å². The summed E-state index contributed by atoms with van der Waals surface area (Å²) in [4.78, 5) is 11.9. The van der Waals surface area contributed by atoms with Crippen molar-refractivity contribution in [1.29, 1.82) is 0 Å². The molecule has 0 fully saturated rings. The standard InChI is InChI=1S/C24H36ClNO3/c1-24(2,3)16-14-12-10-8-6-7-9-11-13-15-18-21(25)19(23(27)29-5)17-20(28-4)22(18)26/h17H,6-12,14,16,26H2,1-5H3. The Balaban J connectivity index is 2.47. The van der Waals surface area contributed by atoms with Crippen molar-refractivity contribution < 1.29 is 14.3 Å². The molecule has 1 aromatic carbocycles. The van der Waals surface area contributed by atoms with Gasteiger partial charge in [0.1, 0.15) is 5.75 Å². The first kappa shape index (κ1) is 25.2. The van der Waals surface area contributed by atoms with Gasteiger partial charge in [0.15, 0.2) is 0 Å². The summed E-state index contributed by atoms with van der Waals surface area (Å²) >= 11 is 6.33. The lowest BCUT2D eigenvalue weighted by Gasteiger charge is -2.17. The van der Waals surface area contributed by atoms with E-state index in [1.807, 2.05) is 0 Å². The molecule has 0 unspecified atom stereocenters. The molecule has 0 aliphatic carbocycles. The largest absolute Gasteiger partial charge is 0.495 e. The molecule has 0 aromatic heterocycles. The molecular weight excluding hydrogens is 386 g/mol. The number of hydrogen-bond acceptors (Lipinski definition) is 4. The maximum atomic E-state index is 11.9. The molecule has 4 nitrogen and oxygen atoms in total. The van der Waals surface area contributed by atoms with Crippen molar-refractivity contribution in [3.8, 4) is 17.6 Å². The Kier molecular flexibility index (Phi) is 11.0.